The maximum Gasteiger partial charge on any atom is 0.122 e. The van der Waals surface area contributed by atoms with E-state index in [4.69, 9.17) is 0 Å². The highest BCUT2D eigenvalue weighted by Crippen LogP contribution is 2.56. The lowest BCUT2D eigenvalue weighted by Gasteiger charge is -2.29. The third kappa shape index (κ3) is 3.71. The minimum atomic E-state index is 0.532. The van der Waals surface area contributed by atoms with Crippen LogP contribution >= 0.6 is 0 Å². The largest absolute Gasteiger partial charge is 0.337 e. The second-order valence-corrected chi connectivity index (χ2v) is 8.66. The van der Waals surface area contributed by atoms with Crippen molar-refractivity contribution < 1.29 is 0 Å². The molecule has 3 heterocycles. The molecule has 1 N–H and O–H groups in total. The highest BCUT2D eigenvalue weighted by atomic mass is 15.3. The predicted octanol–water partition coefficient (Wildman–Crippen LogP) is 2.42. The van der Waals surface area contributed by atoms with Crippen LogP contribution in [-0.2, 0) is 26.7 Å². The van der Waals surface area contributed by atoms with Crippen molar-refractivity contribution in [2.45, 2.75) is 58.8 Å². The van der Waals surface area contributed by atoms with Gasteiger partial charge in [-0.15, -0.1) is 0 Å². The molecule has 0 aromatic carbocycles. The lowest BCUT2D eigenvalue weighted by atomic mass is 9.93. The van der Waals surface area contributed by atoms with Crippen molar-refractivity contribution in [2.75, 3.05) is 13.1 Å². The Morgan fingerprint density at radius 2 is 2.12 bits per heavy atom. The number of aromatic nitrogens is 4. The summed E-state index contributed by atoms with van der Waals surface area (Å²) < 4.78 is 4.23. The number of piperidine rings is 1. The van der Waals surface area contributed by atoms with E-state index >= 15 is 0 Å². The molecule has 2 fully saturated rings. The van der Waals surface area contributed by atoms with Crippen molar-refractivity contribution in [3.8, 4) is 0 Å². The first-order valence-corrected chi connectivity index (χ1v) is 9.98. The fraction of sp³-hybridized carbons (Fsp3) is 0.700. The third-order valence-corrected chi connectivity index (χ3v) is 6.08. The molecule has 1 saturated carbocycles. The molecule has 1 atom stereocenters. The van der Waals surface area contributed by atoms with Crippen LogP contribution in [0.5, 0.6) is 0 Å². The van der Waals surface area contributed by atoms with Gasteiger partial charge >= 0.3 is 0 Å². The van der Waals surface area contributed by atoms with Crippen LogP contribution in [0.4, 0.5) is 0 Å². The topological polar surface area (TPSA) is 50.9 Å². The van der Waals surface area contributed by atoms with Crippen LogP contribution < -0.4 is 5.32 Å². The van der Waals surface area contributed by atoms with Crippen LogP contribution in [0.25, 0.3) is 0 Å². The Bertz CT molecular complexity index is 724. The molecule has 6 heteroatoms. The predicted molar refractivity (Wildman–Crippen MR) is 102 cm³/mol. The molecule has 2 aliphatic rings. The van der Waals surface area contributed by atoms with Gasteiger partial charge in [-0.2, -0.15) is 5.10 Å². The van der Waals surface area contributed by atoms with Gasteiger partial charge in [-0.3, -0.25) is 9.58 Å². The van der Waals surface area contributed by atoms with Gasteiger partial charge in [-0.05, 0) is 43.7 Å². The summed E-state index contributed by atoms with van der Waals surface area (Å²) in [5, 5.41) is 8.08. The molecule has 26 heavy (non-hydrogen) atoms. The third-order valence-electron chi connectivity index (χ3n) is 6.08. The molecule has 1 aliphatic heterocycles. The average molecular weight is 357 g/mol. The van der Waals surface area contributed by atoms with E-state index in [1.165, 1.54) is 37.9 Å². The quantitative estimate of drug-likeness (QED) is 0.828. The van der Waals surface area contributed by atoms with E-state index in [9.17, 15) is 0 Å². The summed E-state index contributed by atoms with van der Waals surface area (Å²) in [7, 11) is 2.09. The van der Waals surface area contributed by atoms with Crippen LogP contribution in [0.15, 0.2) is 24.8 Å². The normalized spacial score (nSPS) is 21.8. The van der Waals surface area contributed by atoms with E-state index in [1.54, 1.807) is 0 Å². The summed E-state index contributed by atoms with van der Waals surface area (Å²) >= 11 is 0. The minimum Gasteiger partial charge on any atom is -0.337 e. The summed E-state index contributed by atoms with van der Waals surface area (Å²) in [5.41, 5.74) is 1.85. The fourth-order valence-electron chi connectivity index (χ4n) is 4.51. The number of nitrogens with one attached hydrogen (secondary N) is 1. The Labute approximate surface area is 156 Å². The summed E-state index contributed by atoms with van der Waals surface area (Å²) in [6, 6.07) is 0.676. The Hall–Kier alpha value is -1.66. The standard InChI is InChI=1S/C20H32N6/c1-16(2)12-26-14-17(11-23-26)13-25(15-19-22-8-9-24(19)3)18-10-20(18)4-6-21-7-5-20/h8-9,11,14,16,18,21H,4-7,10,12-13,15H2,1-3H3/t18-/m1/s1. The Balaban J connectivity index is 1.49. The molecule has 1 aliphatic carbocycles. The summed E-state index contributed by atoms with van der Waals surface area (Å²) in [6.45, 7) is 9.67. The zero-order valence-corrected chi connectivity index (χ0v) is 16.4. The van der Waals surface area contributed by atoms with E-state index in [1.807, 2.05) is 18.6 Å². The van der Waals surface area contributed by atoms with Gasteiger partial charge in [0.2, 0.25) is 0 Å². The van der Waals surface area contributed by atoms with E-state index in [0.717, 1.165) is 25.5 Å². The van der Waals surface area contributed by atoms with Gasteiger partial charge in [0.1, 0.15) is 5.82 Å². The lowest BCUT2D eigenvalue weighted by Crippen LogP contribution is -2.36. The van der Waals surface area contributed by atoms with Crippen LogP contribution in [-0.4, -0.2) is 43.4 Å². The number of hydrogen-bond donors (Lipinski definition) is 1. The molecular weight excluding hydrogens is 324 g/mol. The second-order valence-electron chi connectivity index (χ2n) is 8.66. The lowest BCUT2D eigenvalue weighted by molar-refractivity contribution is 0.182. The smallest absolute Gasteiger partial charge is 0.122 e. The number of hydrogen-bond acceptors (Lipinski definition) is 4. The van der Waals surface area contributed by atoms with Gasteiger partial charge in [0.05, 0.1) is 12.7 Å². The van der Waals surface area contributed by atoms with Gasteiger partial charge in [-0.25, -0.2) is 4.98 Å². The summed E-state index contributed by atoms with van der Waals surface area (Å²) in [5.74, 6) is 1.77. The van der Waals surface area contributed by atoms with Crippen molar-refractivity contribution in [1.82, 2.24) is 29.5 Å². The van der Waals surface area contributed by atoms with Crippen LogP contribution in [0.3, 0.4) is 0 Å². The zero-order valence-electron chi connectivity index (χ0n) is 16.4. The highest BCUT2D eigenvalue weighted by molar-refractivity contribution is 5.13. The van der Waals surface area contributed by atoms with E-state index in [0.29, 0.717) is 17.4 Å². The van der Waals surface area contributed by atoms with Crippen LogP contribution in [0.1, 0.15) is 44.5 Å². The summed E-state index contributed by atoms with van der Waals surface area (Å²) in [6.07, 6.45) is 12.2. The minimum absolute atomic E-state index is 0.532. The molecule has 0 radical (unpaired) electrons. The summed E-state index contributed by atoms with van der Waals surface area (Å²) in [4.78, 5) is 7.22. The number of rotatable bonds is 7. The fourth-order valence-corrected chi connectivity index (χ4v) is 4.51. The monoisotopic (exact) mass is 356 g/mol. The van der Waals surface area contributed by atoms with Crippen molar-refractivity contribution >= 4 is 0 Å². The highest BCUT2D eigenvalue weighted by Gasteiger charge is 2.56. The van der Waals surface area contributed by atoms with Crippen molar-refractivity contribution in [3.63, 3.8) is 0 Å². The molecule has 4 rings (SSSR count). The van der Waals surface area contributed by atoms with Crippen molar-refractivity contribution in [3.05, 3.63) is 36.2 Å². The first-order chi connectivity index (χ1) is 12.6. The average Bonchev–Trinajstić information content (AvgIpc) is 2.92. The van der Waals surface area contributed by atoms with Crippen molar-refractivity contribution in [1.29, 1.82) is 0 Å². The van der Waals surface area contributed by atoms with Gasteiger partial charge < -0.3 is 9.88 Å². The molecule has 6 nitrogen and oxygen atoms in total. The maximum absolute atomic E-state index is 4.57. The molecular formula is C20H32N6. The molecule has 1 spiro atoms. The molecule has 2 aromatic rings. The number of aryl methyl sites for hydroxylation is 1. The molecule has 0 amide bonds. The number of imidazole rings is 1. The Kier molecular flexibility index (Phi) is 4.88. The molecule has 0 bridgehead atoms. The Morgan fingerprint density at radius 1 is 1.31 bits per heavy atom. The van der Waals surface area contributed by atoms with E-state index in [-0.39, 0.29) is 0 Å². The molecule has 2 aromatic heterocycles. The second kappa shape index (κ2) is 7.16. The van der Waals surface area contributed by atoms with Crippen LogP contribution in [0, 0.1) is 11.3 Å². The Morgan fingerprint density at radius 3 is 2.81 bits per heavy atom. The molecule has 1 saturated heterocycles. The first-order valence-electron chi connectivity index (χ1n) is 9.98. The SMILES string of the molecule is CC(C)Cn1cc(CN(Cc2nccn2C)[C@@H]2CC23CCNCC3)cn1. The molecule has 142 valence electrons. The van der Waals surface area contributed by atoms with Crippen molar-refractivity contribution in [2.24, 2.45) is 18.4 Å². The van der Waals surface area contributed by atoms with Gasteiger partial charge in [0, 0.05) is 50.3 Å². The first kappa shape index (κ1) is 17.7. The van der Waals surface area contributed by atoms with Gasteiger partial charge in [0.25, 0.3) is 0 Å². The molecule has 0 unspecified atom stereocenters. The van der Waals surface area contributed by atoms with Gasteiger partial charge in [-0.1, -0.05) is 13.8 Å². The van der Waals surface area contributed by atoms with Gasteiger partial charge in [0.15, 0.2) is 0 Å². The van der Waals surface area contributed by atoms with Crippen LogP contribution in [0.2, 0.25) is 0 Å². The zero-order chi connectivity index (χ0) is 18.1. The maximum atomic E-state index is 4.57. The number of nitrogens with zero attached hydrogens (tertiary/aromatic N) is 5. The van der Waals surface area contributed by atoms with E-state index < -0.39 is 0 Å². The van der Waals surface area contributed by atoms with E-state index in [2.05, 4.69) is 56.6 Å².